The van der Waals surface area contributed by atoms with Gasteiger partial charge in [0.05, 0.1) is 12.1 Å². The third-order valence-electron chi connectivity index (χ3n) is 2.90. The number of esters is 1. The summed E-state index contributed by atoms with van der Waals surface area (Å²) in [6.07, 6.45) is -0.0246. The van der Waals surface area contributed by atoms with Crippen LogP contribution in [0.5, 0.6) is 0 Å². The molecule has 0 fully saturated rings. The molecule has 0 aliphatic rings. The molecule has 0 amide bonds. The molecule has 1 N–H and O–H groups in total. The van der Waals surface area contributed by atoms with Crippen LogP contribution in [0.4, 0.5) is 0 Å². The first-order valence-electron chi connectivity index (χ1n) is 6.25. The lowest BCUT2D eigenvalue weighted by Gasteiger charge is -2.01. The fraction of sp³-hybridized carbons (Fsp3) is 0.214. The van der Waals surface area contributed by atoms with Crippen LogP contribution in [-0.4, -0.2) is 22.5 Å². The Morgan fingerprint density at radius 2 is 2.20 bits per heavy atom. The minimum atomic E-state index is -0.394. The van der Waals surface area contributed by atoms with E-state index in [-0.39, 0.29) is 12.0 Å². The van der Waals surface area contributed by atoms with E-state index in [1.165, 1.54) is 11.3 Å². The number of thiophene rings is 1. The number of H-pyrrole nitrogens is 1. The second-order valence-electron chi connectivity index (χ2n) is 4.27. The summed E-state index contributed by atoms with van der Waals surface area (Å²) >= 11 is 1.40. The van der Waals surface area contributed by atoms with E-state index in [9.17, 15) is 9.59 Å². The summed E-state index contributed by atoms with van der Waals surface area (Å²) in [5.74, 6) is -0.0564. The molecule has 2 aromatic heterocycles. The van der Waals surface area contributed by atoms with Crippen molar-refractivity contribution in [3.63, 3.8) is 0 Å². The molecule has 3 rings (SSSR count). The Kier molecular flexibility index (Phi) is 3.23. The first-order chi connectivity index (χ1) is 9.69. The Hall–Kier alpha value is -2.21. The first-order valence-corrected chi connectivity index (χ1v) is 7.06. The van der Waals surface area contributed by atoms with Gasteiger partial charge in [0.15, 0.2) is 0 Å². The van der Waals surface area contributed by atoms with Crippen LogP contribution >= 0.6 is 11.3 Å². The predicted octanol–water partition coefficient (Wildman–Crippen LogP) is 2.24. The maximum absolute atomic E-state index is 12.1. The van der Waals surface area contributed by atoms with Crippen LogP contribution in [0.1, 0.15) is 12.7 Å². The number of ether oxygens (including phenoxy) is 1. The van der Waals surface area contributed by atoms with Gasteiger partial charge in [-0.2, -0.15) is 0 Å². The van der Waals surface area contributed by atoms with Gasteiger partial charge in [0.1, 0.15) is 16.9 Å². The number of carbonyl (C=O) groups excluding carboxylic acids is 1. The highest BCUT2D eigenvalue weighted by atomic mass is 32.1. The van der Waals surface area contributed by atoms with E-state index in [4.69, 9.17) is 4.74 Å². The van der Waals surface area contributed by atoms with Crippen molar-refractivity contribution in [2.75, 3.05) is 6.61 Å². The van der Waals surface area contributed by atoms with Crippen molar-refractivity contribution in [1.29, 1.82) is 0 Å². The van der Waals surface area contributed by atoms with Gasteiger partial charge in [-0.15, -0.1) is 11.3 Å². The molecule has 0 unspecified atom stereocenters. The van der Waals surface area contributed by atoms with Gasteiger partial charge in [0.2, 0.25) is 0 Å². The standard InChI is InChI=1S/C14H12N2O3S/c1-2-19-11(17)7-10-15-12-8-5-3-4-6-9(8)20-13(12)14(18)16-10/h3-6H,2,7H2,1H3,(H,15,16,18). The van der Waals surface area contributed by atoms with E-state index in [1.54, 1.807) is 6.92 Å². The summed E-state index contributed by atoms with van der Waals surface area (Å²) in [5, 5.41) is 0.934. The summed E-state index contributed by atoms with van der Waals surface area (Å²) in [6, 6.07) is 7.70. The number of rotatable bonds is 3. The van der Waals surface area contributed by atoms with Crippen molar-refractivity contribution in [2.24, 2.45) is 0 Å². The van der Waals surface area contributed by atoms with E-state index < -0.39 is 5.97 Å². The zero-order valence-electron chi connectivity index (χ0n) is 10.8. The second kappa shape index (κ2) is 5.05. The maximum Gasteiger partial charge on any atom is 0.313 e. The molecule has 0 saturated heterocycles. The second-order valence-corrected chi connectivity index (χ2v) is 5.32. The number of benzene rings is 1. The van der Waals surface area contributed by atoms with Gasteiger partial charge >= 0.3 is 5.97 Å². The van der Waals surface area contributed by atoms with Crippen LogP contribution in [0.25, 0.3) is 20.3 Å². The van der Waals surface area contributed by atoms with Gasteiger partial charge in [-0.05, 0) is 13.0 Å². The van der Waals surface area contributed by atoms with Crippen molar-refractivity contribution in [3.05, 3.63) is 40.4 Å². The Balaban J connectivity index is 2.14. The number of fused-ring (bicyclic) bond motifs is 3. The van der Waals surface area contributed by atoms with E-state index >= 15 is 0 Å². The van der Waals surface area contributed by atoms with E-state index in [0.29, 0.717) is 22.6 Å². The van der Waals surface area contributed by atoms with Crippen LogP contribution in [0.2, 0.25) is 0 Å². The molecule has 0 aliphatic heterocycles. The molecule has 20 heavy (non-hydrogen) atoms. The molecule has 0 saturated carbocycles. The summed E-state index contributed by atoms with van der Waals surface area (Å²) in [6.45, 7) is 2.05. The Morgan fingerprint density at radius 3 is 3.00 bits per heavy atom. The van der Waals surface area contributed by atoms with Gasteiger partial charge in [0.25, 0.3) is 5.56 Å². The maximum atomic E-state index is 12.1. The third-order valence-corrected chi connectivity index (χ3v) is 4.06. The summed E-state index contributed by atoms with van der Waals surface area (Å²) in [5.41, 5.74) is 0.434. The molecule has 1 aromatic carbocycles. The number of nitrogens with one attached hydrogen (secondary N) is 1. The molecule has 102 valence electrons. The number of aromatic amines is 1. The van der Waals surface area contributed by atoms with Gasteiger partial charge in [0, 0.05) is 10.1 Å². The number of hydrogen-bond donors (Lipinski definition) is 1. The topological polar surface area (TPSA) is 72.0 Å². The largest absolute Gasteiger partial charge is 0.466 e. The van der Waals surface area contributed by atoms with E-state index in [2.05, 4.69) is 9.97 Å². The lowest BCUT2D eigenvalue weighted by Crippen LogP contribution is -2.15. The molecule has 2 heterocycles. The highest BCUT2D eigenvalue weighted by Crippen LogP contribution is 2.29. The fourth-order valence-electron chi connectivity index (χ4n) is 2.08. The molecule has 0 spiro atoms. The van der Waals surface area contributed by atoms with Crippen molar-refractivity contribution >= 4 is 37.6 Å². The molecule has 3 aromatic rings. The molecule has 0 bridgehead atoms. The molecule has 5 nitrogen and oxygen atoms in total. The van der Waals surface area contributed by atoms with Gasteiger partial charge in [-0.3, -0.25) is 9.59 Å². The van der Waals surface area contributed by atoms with Gasteiger partial charge in [-0.25, -0.2) is 4.98 Å². The zero-order valence-corrected chi connectivity index (χ0v) is 11.6. The van der Waals surface area contributed by atoms with Crippen molar-refractivity contribution in [2.45, 2.75) is 13.3 Å². The van der Waals surface area contributed by atoms with Crippen LogP contribution in [0, 0.1) is 0 Å². The molecular weight excluding hydrogens is 276 g/mol. The number of nitrogens with zero attached hydrogens (tertiary/aromatic N) is 1. The molecule has 6 heteroatoms. The molecule has 0 radical (unpaired) electrons. The van der Waals surface area contributed by atoms with Gasteiger partial charge in [-0.1, -0.05) is 18.2 Å². The van der Waals surface area contributed by atoms with Crippen LogP contribution in [0.15, 0.2) is 29.1 Å². The normalized spacial score (nSPS) is 11.1. The average Bonchev–Trinajstić information content (AvgIpc) is 2.79. The summed E-state index contributed by atoms with van der Waals surface area (Å²) in [4.78, 5) is 30.6. The zero-order chi connectivity index (χ0) is 14.1. The predicted molar refractivity (Wildman–Crippen MR) is 78.1 cm³/mol. The number of carbonyl (C=O) groups is 1. The smallest absolute Gasteiger partial charge is 0.313 e. The monoisotopic (exact) mass is 288 g/mol. The average molecular weight is 288 g/mol. The SMILES string of the molecule is CCOC(=O)Cc1nc2c(sc3ccccc32)c(=O)[nH]1. The minimum Gasteiger partial charge on any atom is -0.466 e. The molecule has 0 atom stereocenters. The molecule has 0 aliphatic carbocycles. The van der Waals surface area contributed by atoms with Crippen molar-refractivity contribution in [1.82, 2.24) is 9.97 Å². The van der Waals surface area contributed by atoms with Crippen molar-refractivity contribution in [3.8, 4) is 0 Å². The van der Waals surface area contributed by atoms with Crippen LogP contribution < -0.4 is 5.56 Å². The van der Waals surface area contributed by atoms with Crippen LogP contribution in [-0.2, 0) is 16.0 Å². The van der Waals surface area contributed by atoms with E-state index in [0.717, 1.165) is 10.1 Å². The lowest BCUT2D eigenvalue weighted by molar-refractivity contribution is -0.142. The van der Waals surface area contributed by atoms with Crippen LogP contribution in [0.3, 0.4) is 0 Å². The summed E-state index contributed by atoms with van der Waals surface area (Å²) in [7, 11) is 0. The quantitative estimate of drug-likeness (QED) is 0.750. The first kappa shape index (κ1) is 12.8. The van der Waals surface area contributed by atoms with Crippen molar-refractivity contribution < 1.29 is 9.53 Å². The number of aromatic nitrogens is 2. The Bertz CT molecular complexity index is 850. The minimum absolute atomic E-state index is 0.0246. The Labute approximate surface area is 118 Å². The highest BCUT2D eigenvalue weighted by molar-refractivity contribution is 7.25. The Morgan fingerprint density at radius 1 is 1.40 bits per heavy atom. The summed E-state index contributed by atoms with van der Waals surface area (Å²) < 4.78 is 6.46. The van der Waals surface area contributed by atoms with E-state index in [1.807, 2.05) is 24.3 Å². The lowest BCUT2D eigenvalue weighted by atomic mass is 10.2. The fourth-order valence-corrected chi connectivity index (χ4v) is 3.12. The number of hydrogen-bond acceptors (Lipinski definition) is 5. The van der Waals surface area contributed by atoms with Gasteiger partial charge < -0.3 is 9.72 Å². The highest BCUT2D eigenvalue weighted by Gasteiger charge is 2.13. The third kappa shape index (κ3) is 2.18. The molecular formula is C14H12N2O3S.